The van der Waals surface area contributed by atoms with Gasteiger partial charge in [-0.25, -0.2) is 4.79 Å². The molecule has 0 radical (unpaired) electrons. The molecule has 0 aliphatic heterocycles. The summed E-state index contributed by atoms with van der Waals surface area (Å²) in [5, 5.41) is 5.55. The molecular formula is C19H23N3O2. The van der Waals surface area contributed by atoms with Gasteiger partial charge in [-0.3, -0.25) is 15.4 Å². The van der Waals surface area contributed by atoms with Crippen LogP contribution in [-0.2, 0) is 4.79 Å². The van der Waals surface area contributed by atoms with Gasteiger partial charge >= 0.3 is 6.03 Å². The molecule has 5 heteroatoms. The van der Waals surface area contributed by atoms with Gasteiger partial charge in [0.1, 0.15) is 6.04 Å². The molecule has 0 aliphatic carbocycles. The number of imide groups is 1. The lowest BCUT2D eigenvalue weighted by molar-refractivity contribution is -0.122. The first-order valence-electron chi connectivity index (χ1n) is 7.95. The molecule has 0 bridgehead atoms. The van der Waals surface area contributed by atoms with Crippen molar-refractivity contribution in [3.05, 3.63) is 71.8 Å². The smallest absolute Gasteiger partial charge is 0.318 e. The van der Waals surface area contributed by atoms with E-state index in [1.807, 2.05) is 60.7 Å². The molecule has 0 heterocycles. The van der Waals surface area contributed by atoms with Gasteiger partial charge in [-0.1, -0.05) is 74.5 Å². The molecule has 5 nitrogen and oxygen atoms in total. The van der Waals surface area contributed by atoms with Crippen molar-refractivity contribution < 1.29 is 9.59 Å². The zero-order chi connectivity index (χ0) is 17.5. The van der Waals surface area contributed by atoms with Gasteiger partial charge in [0, 0.05) is 6.04 Å². The predicted molar refractivity (Wildman–Crippen MR) is 94.1 cm³/mol. The van der Waals surface area contributed by atoms with Crippen LogP contribution in [0.4, 0.5) is 4.79 Å². The molecule has 0 aromatic heterocycles. The van der Waals surface area contributed by atoms with Crippen LogP contribution >= 0.6 is 0 Å². The highest BCUT2D eigenvalue weighted by Gasteiger charge is 2.26. The molecule has 0 spiro atoms. The minimum Gasteiger partial charge on any atom is -0.351 e. The summed E-state index contributed by atoms with van der Waals surface area (Å²) in [7, 11) is 0. The van der Waals surface area contributed by atoms with Crippen LogP contribution in [0.5, 0.6) is 0 Å². The van der Waals surface area contributed by atoms with Gasteiger partial charge in [0.2, 0.25) is 5.91 Å². The summed E-state index contributed by atoms with van der Waals surface area (Å²) >= 11 is 0. The van der Waals surface area contributed by atoms with Crippen molar-refractivity contribution in [2.75, 3.05) is 0 Å². The normalized spacial score (nSPS) is 13.3. The molecule has 4 N–H and O–H groups in total. The Morgan fingerprint density at radius 1 is 0.875 bits per heavy atom. The van der Waals surface area contributed by atoms with Crippen molar-refractivity contribution in [3.63, 3.8) is 0 Å². The molecule has 2 aromatic rings. The molecular weight excluding hydrogens is 302 g/mol. The highest BCUT2D eigenvalue weighted by Crippen LogP contribution is 2.26. The van der Waals surface area contributed by atoms with E-state index in [0.717, 1.165) is 11.1 Å². The van der Waals surface area contributed by atoms with Crippen molar-refractivity contribution in [1.29, 1.82) is 0 Å². The summed E-state index contributed by atoms with van der Waals surface area (Å²) in [6.45, 7) is 4.16. The third-order valence-electron chi connectivity index (χ3n) is 3.81. The first kappa shape index (κ1) is 17.7. The highest BCUT2D eigenvalue weighted by molar-refractivity contribution is 5.96. The van der Waals surface area contributed by atoms with Crippen LogP contribution in [0.1, 0.15) is 37.1 Å². The number of amides is 3. The Hall–Kier alpha value is -2.66. The predicted octanol–water partition coefficient (Wildman–Crippen LogP) is 2.91. The van der Waals surface area contributed by atoms with E-state index in [2.05, 4.69) is 24.5 Å². The first-order chi connectivity index (χ1) is 11.5. The Morgan fingerprint density at radius 3 is 1.83 bits per heavy atom. The van der Waals surface area contributed by atoms with Crippen LogP contribution in [0, 0.1) is 5.92 Å². The topological polar surface area (TPSA) is 84.2 Å². The molecule has 0 fully saturated rings. The Labute approximate surface area is 142 Å². The van der Waals surface area contributed by atoms with Gasteiger partial charge in [0.05, 0.1) is 0 Å². The number of benzene rings is 2. The summed E-state index contributed by atoms with van der Waals surface area (Å²) in [6.07, 6.45) is 0. The molecule has 126 valence electrons. The van der Waals surface area contributed by atoms with Gasteiger partial charge in [-0.05, 0) is 17.0 Å². The van der Waals surface area contributed by atoms with E-state index >= 15 is 0 Å². The molecule has 0 unspecified atom stereocenters. The van der Waals surface area contributed by atoms with Gasteiger partial charge < -0.3 is 5.73 Å². The Bertz CT molecular complexity index is 672. The van der Waals surface area contributed by atoms with E-state index in [1.165, 1.54) is 0 Å². The molecule has 0 saturated carbocycles. The largest absolute Gasteiger partial charge is 0.351 e. The van der Waals surface area contributed by atoms with Crippen molar-refractivity contribution in [1.82, 2.24) is 10.6 Å². The molecule has 0 saturated heterocycles. The number of primary amides is 1. The second-order valence-corrected chi connectivity index (χ2v) is 6.00. The second-order valence-electron chi connectivity index (χ2n) is 6.00. The number of carbonyl (C=O) groups excluding carboxylic acids is 2. The number of hydrogen-bond acceptors (Lipinski definition) is 3. The average molecular weight is 325 g/mol. The van der Waals surface area contributed by atoms with Gasteiger partial charge in [-0.15, -0.1) is 0 Å². The van der Waals surface area contributed by atoms with Crippen molar-refractivity contribution in [2.45, 2.75) is 25.9 Å². The van der Waals surface area contributed by atoms with Crippen molar-refractivity contribution >= 4 is 11.9 Å². The maximum Gasteiger partial charge on any atom is 0.318 e. The maximum atomic E-state index is 12.5. The fourth-order valence-electron chi connectivity index (χ4n) is 2.68. The monoisotopic (exact) mass is 325 g/mol. The zero-order valence-corrected chi connectivity index (χ0v) is 13.9. The first-order valence-corrected chi connectivity index (χ1v) is 7.95. The Kier molecular flexibility index (Phi) is 6.09. The Morgan fingerprint density at radius 2 is 1.38 bits per heavy atom. The lowest BCUT2D eigenvalue weighted by Crippen LogP contribution is -2.44. The molecule has 24 heavy (non-hydrogen) atoms. The minimum absolute atomic E-state index is 0.0463. The number of nitrogens with one attached hydrogen (secondary N) is 2. The van der Waals surface area contributed by atoms with Gasteiger partial charge in [0.15, 0.2) is 0 Å². The lowest BCUT2D eigenvalue weighted by Gasteiger charge is -2.28. The summed E-state index contributed by atoms with van der Waals surface area (Å²) < 4.78 is 0. The fourth-order valence-corrected chi connectivity index (χ4v) is 2.68. The number of urea groups is 1. The summed E-state index contributed by atoms with van der Waals surface area (Å²) in [5.41, 5.74) is 6.97. The molecule has 2 atom stereocenters. The van der Waals surface area contributed by atoms with Gasteiger partial charge in [-0.2, -0.15) is 0 Å². The van der Waals surface area contributed by atoms with Crippen LogP contribution in [0.15, 0.2) is 60.7 Å². The van der Waals surface area contributed by atoms with E-state index in [1.54, 1.807) is 0 Å². The third-order valence-corrected chi connectivity index (χ3v) is 3.81. The van der Waals surface area contributed by atoms with Crippen molar-refractivity contribution in [3.8, 4) is 0 Å². The highest BCUT2D eigenvalue weighted by atomic mass is 16.2. The SMILES string of the molecule is CC(C)[C@@H](N[C@@H](C(=O)NC(N)=O)c1ccccc1)c1ccccc1. The van der Waals surface area contributed by atoms with E-state index in [-0.39, 0.29) is 12.0 Å². The minimum atomic E-state index is -0.858. The zero-order valence-electron chi connectivity index (χ0n) is 13.9. The number of hydrogen-bond donors (Lipinski definition) is 3. The van der Waals surface area contributed by atoms with Crippen LogP contribution in [0.25, 0.3) is 0 Å². The summed E-state index contributed by atoms with van der Waals surface area (Å²) in [6, 6.07) is 17.6. The average Bonchev–Trinajstić information content (AvgIpc) is 2.56. The molecule has 3 amide bonds. The quantitative estimate of drug-likeness (QED) is 0.763. The second kappa shape index (κ2) is 8.26. The van der Waals surface area contributed by atoms with Gasteiger partial charge in [0.25, 0.3) is 0 Å². The summed E-state index contributed by atoms with van der Waals surface area (Å²) in [4.78, 5) is 23.6. The lowest BCUT2D eigenvalue weighted by atomic mass is 9.94. The van der Waals surface area contributed by atoms with E-state index in [9.17, 15) is 9.59 Å². The summed E-state index contributed by atoms with van der Waals surface area (Å²) in [5.74, 6) is -0.213. The van der Waals surface area contributed by atoms with Crippen LogP contribution < -0.4 is 16.4 Å². The number of rotatable bonds is 6. The Balaban J connectivity index is 2.32. The van der Waals surface area contributed by atoms with Crippen LogP contribution in [-0.4, -0.2) is 11.9 Å². The van der Waals surface area contributed by atoms with Crippen LogP contribution in [0.2, 0.25) is 0 Å². The van der Waals surface area contributed by atoms with E-state index < -0.39 is 18.0 Å². The molecule has 0 aliphatic rings. The van der Waals surface area contributed by atoms with E-state index in [4.69, 9.17) is 5.73 Å². The van der Waals surface area contributed by atoms with E-state index in [0.29, 0.717) is 0 Å². The molecule has 2 aromatic carbocycles. The fraction of sp³-hybridized carbons (Fsp3) is 0.263. The standard InChI is InChI=1S/C19H23N3O2/c1-13(2)16(14-9-5-3-6-10-14)21-17(18(23)22-19(20)24)15-11-7-4-8-12-15/h3-13,16-17,21H,1-2H3,(H3,20,22,23,24)/t16-,17-/m1/s1. The third kappa shape index (κ3) is 4.67. The molecule has 2 rings (SSSR count). The maximum absolute atomic E-state index is 12.5. The van der Waals surface area contributed by atoms with Crippen LogP contribution in [0.3, 0.4) is 0 Å². The number of nitrogens with two attached hydrogens (primary N) is 1. The number of carbonyl (C=O) groups is 2. The van der Waals surface area contributed by atoms with Crippen molar-refractivity contribution in [2.24, 2.45) is 11.7 Å².